The van der Waals surface area contributed by atoms with Gasteiger partial charge in [-0.1, -0.05) is 66.1 Å². The minimum Gasteiger partial charge on any atom is -0.872 e. The molecule has 2 saturated heterocycles. The number of carbonyl (C=O) groups is 2. The number of fused-ring (bicyclic) bond motifs is 2. The Labute approximate surface area is 297 Å². The Morgan fingerprint density at radius 3 is 1.65 bits per heavy atom. The predicted octanol–water partition coefficient (Wildman–Crippen LogP) is 3.03. The summed E-state index contributed by atoms with van der Waals surface area (Å²) < 4.78 is 2.46. The number of carboxylic acids is 2. The molecule has 10 N–H and O–H groups in total. The van der Waals surface area contributed by atoms with Crippen molar-refractivity contribution in [3.05, 3.63) is 107 Å². The van der Waals surface area contributed by atoms with Gasteiger partial charge in [0.05, 0.1) is 11.1 Å². The van der Waals surface area contributed by atoms with Crippen LogP contribution in [0.25, 0.3) is 21.5 Å². The second-order valence-corrected chi connectivity index (χ2v) is 12.3. The Morgan fingerprint density at radius 1 is 0.725 bits per heavy atom. The Kier molecular flexibility index (Phi) is 17.5. The number of allylic oxidation sites excluding steroid dienone is 3. The topological polar surface area (TPSA) is 253 Å². The molecule has 0 aliphatic carbocycles. The molecule has 12 heteroatoms. The highest BCUT2D eigenvalue weighted by Gasteiger charge is 2.17. The second kappa shape index (κ2) is 20.4. The second-order valence-electron chi connectivity index (χ2n) is 12.3. The SMILES string of the molecule is C/C(C=[N+]1CCCCC1)=C\C=C\N1CCCCC1.O.O.O.O.O=C(O)c1cc2ccccc2c(Cc2c([O-])c(C(=O)O)cc3ccccc23)c1[O-]. The Bertz CT molecular complexity index is 1770. The van der Waals surface area contributed by atoms with E-state index in [4.69, 9.17) is 0 Å². The van der Waals surface area contributed by atoms with Gasteiger partial charge in [0.15, 0.2) is 6.21 Å². The van der Waals surface area contributed by atoms with Gasteiger partial charge >= 0.3 is 11.9 Å². The minimum absolute atomic E-state index is 0. The van der Waals surface area contributed by atoms with E-state index in [1.807, 2.05) is 0 Å². The zero-order chi connectivity index (χ0) is 33.3. The Hall–Kier alpha value is -5.27. The molecule has 2 fully saturated rings. The van der Waals surface area contributed by atoms with E-state index in [1.54, 1.807) is 48.5 Å². The van der Waals surface area contributed by atoms with Crippen LogP contribution < -0.4 is 10.2 Å². The maximum absolute atomic E-state index is 12.9. The van der Waals surface area contributed by atoms with Crippen LogP contribution in [0.5, 0.6) is 11.5 Å². The minimum atomic E-state index is -1.35. The molecular formula is C39H49N2O10-. The molecule has 6 rings (SSSR count). The monoisotopic (exact) mass is 705 g/mol. The largest absolute Gasteiger partial charge is 0.872 e. The summed E-state index contributed by atoms with van der Waals surface area (Å²) in [6.45, 7) is 7.15. The first-order valence-electron chi connectivity index (χ1n) is 16.3. The fraction of sp³-hybridized carbons (Fsp3) is 0.308. The highest BCUT2D eigenvalue weighted by atomic mass is 16.4. The van der Waals surface area contributed by atoms with Crippen LogP contribution in [0, 0.1) is 0 Å². The number of aromatic carboxylic acids is 2. The van der Waals surface area contributed by atoms with Gasteiger partial charge in [-0.05, 0) is 96.1 Å². The zero-order valence-corrected chi connectivity index (χ0v) is 28.8. The van der Waals surface area contributed by atoms with Gasteiger partial charge in [-0.25, -0.2) is 14.2 Å². The summed E-state index contributed by atoms with van der Waals surface area (Å²) in [6, 6.07) is 16.3. The lowest BCUT2D eigenvalue weighted by Crippen LogP contribution is -2.24. The number of rotatable bonds is 7. The third-order valence-electron chi connectivity index (χ3n) is 8.85. The molecule has 0 amide bonds. The zero-order valence-electron chi connectivity index (χ0n) is 28.8. The van der Waals surface area contributed by atoms with E-state index in [9.17, 15) is 30.0 Å². The molecular weight excluding hydrogens is 656 g/mol. The van der Waals surface area contributed by atoms with Crippen molar-refractivity contribution in [1.82, 2.24) is 4.90 Å². The highest BCUT2D eigenvalue weighted by Crippen LogP contribution is 2.37. The number of benzene rings is 4. The van der Waals surface area contributed by atoms with E-state index in [1.165, 1.54) is 82.4 Å². The van der Waals surface area contributed by atoms with Gasteiger partial charge in [0, 0.05) is 31.5 Å². The predicted molar refractivity (Wildman–Crippen MR) is 196 cm³/mol. The lowest BCUT2D eigenvalue weighted by Gasteiger charge is -2.24. The van der Waals surface area contributed by atoms with Crippen LogP contribution in [-0.2, 0) is 6.42 Å². The van der Waals surface area contributed by atoms with E-state index < -0.39 is 23.4 Å². The van der Waals surface area contributed by atoms with E-state index in [2.05, 4.69) is 41.0 Å². The molecule has 0 aromatic heterocycles. The maximum Gasteiger partial charge on any atom is 0.335 e. The smallest absolute Gasteiger partial charge is 0.335 e. The van der Waals surface area contributed by atoms with Gasteiger partial charge in [0.25, 0.3) is 0 Å². The molecule has 0 saturated carbocycles. The normalized spacial score (nSPS) is 14.3. The van der Waals surface area contributed by atoms with Crippen LogP contribution in [0.4, 0.5) is 0 Å². The summed E-state index contributed by atoms with van der Waals surface area (Å²) in [5.41, 5.74) is 0.912. The van der Waals surface area contributed by atoms with Crippen molar-refractivity contribution in [2.45, 2.75) is 51.9 Å². The standard InChI is InChI=1S/C23H16O6.C16H27N2.4H2O/c24-20-16(14-7-3-1-5-12(14)9-18(20)22(26)27)11-17-15-8-4-2-6-13(15)10-19(21(17)25)23(28)29;1-16(15-18-12-6-3-7-13-18)9-8-14-17-10-4-2-5-11-17;;;;/h1-10,24-25H,11H2,(H,26,27)(H,28,29);8-9,14-15H,2-7,10-13H2,1H3;4*1H2/q;+1;;;;/p-2. The molecule has 2 aliphatic heterocycles. The lowest BCUT2D eigenvalue weighted by molar-refractivity contribution is -0.532. The Balaban J connectivity index is 0.000000518. The van der Waals surface area contributed by atoms with Crippen molar-refractivity contribution >= 4 is 39.7 Å². The molecule has 276 valence electrons. The van der Waals surface area contributed by atoms with Crippen LogP contribution in [-0.4, -0.2) is 85.9 Å². The highest BCUT2D eigenvalue weighted by molar-refractivity contribution is 6.02. The number of hydrogen-bond donors (Lipinski definition) is 2. The molecule has 0 unspecified atom stereocenters. The molecule has 0 atom stereocenters. The first kappa shape index (κ1) is 43.8. The number of hydrogen-bond acceptors (Lipinski definition) is 5. The van der Waals surface area contributed by atoms with E-state index in [0.29, 0.717) is 21.5 Å². The molecule has 2 aliphatic rings. The quantitative estimate of drug-likeness (QED) is 0.214. The molecule has 12 nitrogen and oxygen atoms in total. The van der Waals surface area contributed by atoms with Crippen molar-refractivity contribution in [3.8, 4) is 11.5 Å². The van der Waals surface area contributed by atoms with Crippen molar-refractivity contribution in [2.24, 2.45) is 0 Å². The van der Waals surface area contributed by atoms with Crippen LogP contribution in [0.15, 0.2) is 84.6 Å². The summed E-state index contributed by atoms with van der Waals surface area (Å²) in [6.07, 6.45) is 17.1. The van der Waals surface area contributed by atoms with Gasteiger partial charge in [-0.3, -0.25) is 0 Å². The van der Waals surface area contributed by atoms with E-state index >= 15 is 0 Å². The number of carboxylic acid groups (broad SMARTS) is 2. The Morgan fingerprint density at radius 2 is 1.18 bits per heavy atom. The molecule has 0 radical (unpaired) electrons. The van der Waals surface area contributed by atoms with Crippen molar-refractivity contribution < 1.29 is 56.5 Å². The molecule has 4 aromatic carbocycles. The summed E-state index contributed by atoms with van der Waals surface area (Å²) in [4.78, 5) is 25.5. The van der Waals surface area contributed by atoms with Gasteiger partial charge < -0.3 is 47.2 Å². The van der Waals surface area contributed by atoms with Gasteiger partial charge in [-0.2, -0.15) is 0 Å². The van der Waals surface area contributed by atoms with Gasteiger partial charge in [-0.15, -0.1) is 0 Å². The fourth-order valence-corrected chi connectivity index (χ4v) is 6.42. The van der Waals surface area contributed by atoms with Crippen LogP contribution in [0.3, 0.4) is 0 Å². The number of nitrogens with zero attached hydrogens (tertiary/aromatic N) is 2. The molecule has 2 heterocycles. The van der Waals surface area contributed by atoms with E-state index in [-0.39, 0.29) is 50.6 Å². The summed E-state index contributed by atoms with van der Waals surface area (Å²) in [5, 5.41) is 46.8. The number of likely N-dealkylation sites (tertiary alicyclic amines) is 1. The third-order valence-corrected chi connectivity index (χ3v) is 8.85. The molecule has 0 bridgehead atoms. The average molecular weight is 706 g/mol. The van der Waals surface area contributed by atoms with Crippen molar-refractivity contribution in [1.29, 1.82) is 0 Å². The summed E-state index contributed by atoms with van der Waals surface area (Å²) >= 11 is 0. The lowest BCUT2D eigenvalue weighted by atomic mass is 9.90. The van der Waals surface area contributed by atoms with Gasteiger partial charge in [0.1, 0.15) is 13.1 Å². The molecule has 51 heavy (non-hydrogen) atoms. The number of piperidine rings is 2. The average Bonchev–Trinajstić information content (AvgIpc) is 3.07. The van der Waals surface area contributed by atoms with Crippen molar-refractivity contribution in [2.75, 3.05) is 26.2 Å². The first-order chi connectivity index (χ1) is 22.7. The van der Waals surface area contributed by atoms with Crippen LogP contribution in [0.2, 0.25) is 0 Å². The van der Waals surface area contributed by atoms with E-state index in [0.717, 1.165) is 0 Å². The van der Waals surface area contributed by atoms with Crippen LogP contribution >= 0.6 is 0 Å². The summed E-state index contributed by atoms with van der Waals surface area (Å²) in [5.74, 6) is -4.07. The van der Waals surface area contributed by atoms with Crippen LogP contribution in [0.1, 0.15) is 77.3 Å². The third kappa shape index (κ3) is 10.9. The fourth-order valence-electron chi connectivity index (χ4n) is 6.42. The van der Waals surface area contributed by atoms with Crippen molar-refractivity contribution in [3.63, 3.8) is 0 Å². The molecule has 4 aromatic rings. The first-order valence-corrected chi connectivity index (χ1v) is 16.3. The summed E-state index contributed by atoms with van der Waals surface area (Å²) in [7, 11) is 0. The maximum atomic E-state index is 12.9. The van der Waals surface area contributed by atoms with Gasteiger partial charge in [0.2, 0.25) is 0 Å². The molecule has 0 spiro atoms.